The maximum Gasteiger partial charge on any atom is 0.252 e. The van der Waals surface area contributed by atoms with Crippen molar-refractivity contribution in [2.45, 2.75) is 57.4 Å². The number of nitrogens with one attached hydrogen (secondary N) is 1. The fraction of sp³-hybridized carbons (Fsp3) is 0.562. The van der Waals surface area contributed by atoms with E-state index in [0.717, 1.165) is 31.2 Å². The molecule has 1 spiro atoms. The van der Waals surface area contributed by atoms with E-state index in [-0.39, 0.29) is 11.4 Å². The van der Waals surface area contributed by atoms with Crippen LogP contribution < -0.4 is 5.32 Å². The van der Waals surface area contributed by atoms with E-state index < -0.39 is 0 Å². The second kappa shape index (κ2) is 4.42. The van der Waals surface area contributed by atoms with Crippen molar-refractivity contribution in [3.05, 3.63) is 34.9 Å². The average Bonchev–Trinajstić information content (AvgIpc) is 2.39. The molecule has 1 N–H and O–H groups in total. The van der Waals surface area contributed by atoms with Gasteiger partial charge in [0.05, 0.1) is 0 Å². The molecule has 0 unspecified atom stereocenters. The first kappa shape index (κ1) is 11.8. The topological polar surface area (TPSA) is 29.1 Å². The van der Waals surface area contributed by atoms with E-state index in [1.807, 2.05) is 0 Å². The average molecular weight is 243 g/mol. The number of hydrogen-bond donors (Lipinski definition) is 1. The summed E-state index contributed by atoms with van der Waals surface area (Å²) in [5, 5.41) is 3.30. The highest BCUT2D eigenvalue weighted by atomic mass is 16.1. The Hall–Kier alpha value is -1.31. The van der Waals surface area contributed by atoms with E-state index in [2.05, 4.69) is 30.4 Å². The van der Waals surface area contributed by atoms with Crippen molar-refractivity contribution in [1.82, 2.24) is 5.32 Å². The van der Waals surface area contributed by atoms with Crippen LogP contribution in [0.5, 0.6) is 0 Å². The summed E-state index contributed by atoms with van der Waals surface area (Å²) in [5.41, 5.74) is 3.47. The van der Waals surface area contributed by atoms with Crippen molar-refractivity contribution < 1.29 is 4.79 Å². The van der Waals surface area contributed by atoms with E-state index in [9.17, 15) is 4.79 Å². The Morgan fingerprint density at radius 3 is 2.72 bits per heavy atom. The molecule has 1 aromatic rings. The Labute approximate surface area is 109 Å². The summed E-state index contributed by atoms with van der Waals surface area (Å²) in [5.74, 6) is 0.147. The largest absolute Gasteiger partial charge is 0.346 e. The molecule has 2 aliphatic rings. The number of amides is 1. The molecule has 1 heterocycles. The molecule has 1 aliphatic heterocycles. The lowest BCUT2D eigenvalue weighted by molar-refractivity contribution is 0.0844. The van der Waals surface area contributed by atoms with Gasteiger partial charge in [0.1, 0.15) is 0 Å². The fourth-order valence-electron chi connectivity index (χ4n) is 3.46. The van der Waals surface area contributed by atoms with Crippen LogP contribution in [0.25, 0.3) is 0 Å². The fourth-order valence-corrected chi connectivity index (χ4v) is 3.46. The number of hydrogen-bond acceptors (Lipinski definition) is 1. The van der Waals surface area contributed by atoms with Gasteiger partial charge in [-0.05, 0) is 42.9 Å². The number of rotatable bonds is 1. The third kappa shape index (κ3) is 1.94. The summed E-state index contributed by atoms with van der Waals surface area (Å²) in [4.78, 5) is 12.3. The van der Waals surface area contributed by atoms with Crippen LogP contribution in [0.2, 0.25) is 0 Å². The standard InChI is InChI=1S/C16H21NO/c1-2-12-6-7-13-11-16(8-4-3-5-9-16)17-15(18)14(13)10-12/h6-7,10H,2-5,8-9,11H2,1H3,(H,17,18). The van der Waals surface area contributed by atoms with E-state index in [1.165, 1.54) is 30.4 Å². The second-order valence-corrected chi connectivity index (χ2v) is 5.82. The number of carbonyl (C=O) groups is 1. The van der Waals surface area contributed by atoms with E-state index in [0.29, 0.717) is 0 Å². The van der Waals surface area contributed by atoms with Gasteiger partial charge in [-0.1, -0.05) is 38.3 Å². The Kier molecular flexibility index (Phi) is 2.89. The molecule has 1 saturated carbocycles. The predicted molar refractivity (Wildman–Crippen MR) is 72.8 cm³/mol. The van der Waals surface area contributed by atoms with Crippen molar-refractivity contribution in [3.63, 3.8) is 0 Å². The summed E-state index contributed by atoms with van der Waals surface area (Å²) in [6.45, 7) is 2.13. The predicted octanol–water partition coefficient (Wildman–Crippen LogP) is 3.24. The van der Waals surface area contributed by atoms with Gasteiger partial charge in [-0.3, -0.25) is 4.79 Å². The van der Waals surface area contributed by atoms with Gasteiger partial charge in [-0.15, -0.1) is 0 Å². The van der Waals surface area contributed by atoms with Crippen molar-refractivity contribution >= 4 is 5.91 Å². The first-order chi connectivity index (χ1) is 8.72. The van der Waals surface area contributed by atoms with Gasteiger partial charge in [0.25, 0.3) is 5.91 Å². The zero-order valence-electron chi connectivity index (χ0n) is 11.1. The molecular formula is C16H21NO. The molecule has 3 rings (SSSR count). The third-order valence-electron chi connectivity index (χ3n) is 4.55. The van der Waals surface area contributed by atoms with E-state index >= 15 is 0 Å². The molecule has 0 aromatic heterocycles. The minimum absolute atomic E-state index is 0.0655. The summed E-state index contributed by atoms with van der Waals surface area (Å²) in [6.07, 6.45) is 8.13. The van der Waals surface area contributed by atoms with Crippen LogP contribution in [0.4, 0.5) is 0 Å². The van der Waals surface area contributed by atoms with Crippen LogP contribution in [0.15, 0.2) is 18.2 Å². The zero-order chi connectivity index (χ0) is 12.6. The molecule has 96 valence electrons. The lowest BCUT2D eigenvalue weighted by Gasteiger charge is -2.41. The third-order valence-corrected chi connectivity index (χ3v) is 4.55. The molecule has 1 amide bonds. The summed E-state index contributed by atoms with van der Waals surface area (Å²) < 4.78 is 0. The number of carbonyl (C=O) groups excluding carboxylic acids is 1. The molecule has 0 saturated heterocycles. The van der Waals surface area contributed by atoms with Crippen LogP contribution in [-0.2, 0) is 12.8 Å². The molecule has 1 aliphatic carbocycles. The molecule has 1 aromatic carbocycles. The Morgan fingerprint density at radius 1 is 1.22 bits per heavy atom. The van der Waals surface area contributed by atoms with Crippen molar-refractivity contribution in [1.29, 1.82) is 0 Å². The van der Waals surface area contributed by atoms with Gasteiger partial charge in [-0.2, -0.15) is 0 Å². The van der Waals surface area contributed by atoms with E-state index in [4.69, 9.17) is 0 Å². The molecule has 0 radical (unpaired) electrons. The monoisotopic (exact) mass is 243 g/mol. The highest BCUT2D eigenvalue weighted by Gasteiger charge is 2.38. The first-order valence-corrected chi connectivity index (χ1v) is 7.17. The SMILES string of the molecule is CCc1ccc2c(c1)C(=O)NC1(CCCCC1)C2. The maximum absolute atomic E-state index is 12.3. The molecule has 2 nitrogen and oxygen atoms in total. The van der Waals surface area contributed by atoms with Crippen LogP contribution in [0, 0.1) is 0 Å². The second-order valence-electron chi connectivity index (χ2n) is 5.82. The molecule has 0 atom stereocenters. The highest BCUT2D eigenvalue weighted by molar-refractivity contribution is 5.97. The van der Waals surface area contributed by atoms with Gasteiger partial charge < -0.3 is 5.32 Å². The van der Waals surface area contributed by atoms with Crippen molar-refractivity contribution in [2.24, 2.45) is 0 Å². The molecular weight excluding hydrogens is 222 g/mol. The van der Waals surface area contributed by atoms with Gasteiger partial charge in [0.15, 0.2) is 0 Å². The maximum atomic E-state index is 12.3. The van der Waals surface area contributed by atoms with Crippen molar-refractivity contribution in [3.8, 4) is 0 Å². The highest BCUT2D eigenvalue weighted by Crippen LogP contribution is 2.35. The number of benzene rings is 1. The summed E-state index contributed by atoms with van der Waals surface area (Å²) >= 11 is 0. The van der Waals surface area contributed by atoms with Gasteiger partial charge in [-0.25, -0.2) is 0 Å². The van der Waals surface area contributed by atoms with Crippen molar-refractivity contribution in [2.75, 3.05) is 0 Å². The number of fused-ring (bicyclic) bond motifs is 1. The lowest BCUT2D eigenvalue weighted by Crippen LogP contribution is -2.54. The van der Waals surface area contributed by atoms with Gasteiger partial charge in [0, 0.05) is 11.1 Å². The summed E-state index contributed by atoms with van der Waals surface area (Å²) in [6, 6.07) is 6.41. The Balaban J connectivity index is 1.95. The van der Waals surface area contributed by atoms with Crippen LogP contribution in [0.1, 0.15) is 60.5 Å². The minimum atomic E-state index is 0.0655. The van der Waals surface area contributed by atoms with Gasteiger partial charge in [0.2, 0.25) is 0 Å². The first-order valence-electron chi connectivity index (χ1n) is 7.17. The number of aryl methyl sites for hydroxylation is 1. The molecule has 1 fully saturated rings. The smallest absolute Gasteiger partial charge is 0.252 e. The molecule has 2 heteroatoms. The van der Waals surface area contributed by atoms with Crippen LogP contribution >= 0.6 is 0 Å². The normalized spacial score (nSPS) is 21.5. The molecule has 0 bridgehead atoms. The van der Waals surface area contributed by atoms with Gasteiger partial charge >= 0.3 is 0 Å². The quantitative estimate of drug-likeness (QED) is 0.806. The molecule has 18 heavy (non-hydrogen) atoms. The lowest BCUT2D eigenvalue weighted by atomic mass is 9.74. The van der Waals surface area contributed by atoms with Crippen LogP contribution in [0.3, 0.4) is 0 Å². The minimum Gasteiger partial charge on any atom is -0.346 e. The zero-order valence-corrected chi connectivity index (χ0v) is 11.1. The Morgan fingerprint density at radius 2 is 2.00 bits per heavy atom. The van der Waals surface area contributed by atoms with Crippen LogP contribution in [-0.4, -0.2) is 11.4 Å². The summed E-state index contributed by atoms with van der Waals surface area (Å²) in [7, 11) is 0. The Bertz CT molecular complexity index is 472. The van der Waals surface area contributed by atoms with E-state index in [1.54, 1.807) is 0 Å².